The van der Waals surface area contributed by atoms with E-state index in [0.29, 0.717) is 17.4 Å². The molecule has 2 aromatic rings. The predicted molar refractivity (Wildman–Crippen MR) is 157 cm³/mol. The van der Waals surface area contributed by atoms with Crippen LogP contribution in [0.2, 0.25) is 0 Å². The average Bonchev–Trinajstić information content (AvgIpc) is 3.32. The third-order valence-electron chi connectivity index (χ3n) is 7.91. The first-order valence-electron chi connectivity index (χ1n) is 14.8. The molecular formula is C32H40F3N3O6. The van der Waals surface area contributed by atoms with E-state index in [2.05, 4.69) is 16.9 Å². The number of halogens is 3. The zero-order chi connectivity index (χ0) is 32.3. The number of fused-ring (bicyclic) bond motifs is 3. The second-order valence-corrected chi connectivity index (χ2v) is 12.4. The second kappa shape index (κ2) is 13.0. The number of hydrogen-bond acceptors (Lipinski definition) is 7. The van der Waals surface area contributed by atoms with Gasteiger partial charge in [-0.25, -0.2) is 14.6 Å². The number of amides is 2. The van der Waals surface area contributed by atoms with Gasteiger partial charge in [-0.1, -0.05) is 37.1 Å². The lowest BCUT2D eigenvalue weighted by Crippen LogP contribution is -2.53. The number of aryl methyl sites for hydroxylation is 1. The van der Waals surface area contributed by atoms with Gasteiger partial charge in [-0.3, -0.25) is 4.79 Å². The van der Waals surface area contributed by atoms with E-state index in [1.165, 1.54) is 18.1 Å². The molecule has 0 radical (unpaired) electrons. The molecule has 1 fully saturated rings. The fourth-order valence-electron chi connectivity index (χ4n) is 5.94. The number of carbonyl (C=O) groups excluding carboxylic acids is 3. The van der Waals surface area contributed by atoms with Gasteiger partial charge in [-0.15, -0.1) is 6.58 Å². The van der Waals surface area contributed by atoms with E-state index < -0.39 is 53.1 Å². The van der Waals surface area contributed by atoms with Gasteiger partial charge in [0, 0.05) is 17.4 Å². The lowest BCUT2D eigenvalue weighted by atomic mass is 9.87. The number of rotatable bonds is 9. The van der Waals surface area contributed by atoms with Gasteiger partial charge in [0.15, 0.2) is 11.4 Å². The topological polar surface area (TPSA) is 107 Å². The maximum Gasteiger partial charge on any atom is 0.437 e. The Morgan fingerprint density at radius 1 is 1.20 bits per heavy atom. The number of aromatic nitrogens is 1. The Hall–Kier alpha value is -3.83. The van der Waals surface area contributed by atoms with Crippen molar-refractivity contribution < 1.29 is 41.8 Å². The van der Waals surface area contributed by atoms with Crippen LogP contribution in [-0.2, 0) is 31.7 Å². The van der Waals surface area contributed by atoms with Crippen molar-refractivity contribution in [3.05, 3.63) is 48.2 Å². The molecule has 2 aliphatic heterocycles. The Balaban J connectivity index is 1.66. The number of alkyl carbamates (subject to hydrolysis) is 1. The van der Waals surface area contributed by atoms with Crippen LogP contribution in [0, 0.1) is 0 Å². The summed E-state index contributed by atoms with van der Waals surface area (Å²) in [5, 5.41) is 3.21. The number of allylic oxidation sites excluding steroid dienone is 1. The smallest absolute Gasteiger partial charge is 0.437 e. The second-order valence-electron chi connectivity index (χ2n) is 12.4. The van der Waals surface area contributed by atoms with E-state index in [1.54, 1.807) is 45.0 Å². The molecular weight excluding hydrogens is 579 g/mol. The van der Waals surface area contributed by atoms with Gasteiger partial charge >= 0.3 is 18.2 Å². The number of nitrogens with one attached hydrogen (secondary N) is 1. The highest BCUT2D eigenvalue weighted by molar-refractivity contribution is 5.91. The Morgan fingerprint density at radius 2 is 1.93 bits per heavy atom. The van der Waals surface area contributed by atoms with Crippen LogP contribution in [0.1, 0.15) is 77.0 Å². The number of likely N-dealkylation sites (tertiary alicyclic amines) is 1. The number of ether oxygens (including phenoxy) is 3. The van der Waals surface area contributed by atoms with Crippen molar-refractivity contribution in [1.82, 2.24) is 15.2 Å². The van der Waals surface area contributed by atoms with Crippen molar-refractivity contribution in [3.63, 3.8) is 0 Å². The summed E-state index contributed by atoms with van der Waals surface area (Å²) < 4.78 is 59.3. The number of nitrogens with zero attached hydrogens (tertiary/aromatic N) is 2. The number of methoxy groups -OCH3 is 1. The summed E-state index contributed by atoms with van der Waals surface area (Å²) in [7, 11) is 1.18. The number of esters is 1. The quantitative estimate of drug-likeness (QED) is 0.205. The third-order valence-corrected chi connectivity index (χ3v) is 7.91. The van der Waals surface area contributed by atoms with Crippen molar-refractivity contribution in [3.8, 4) is 5.75 Å². The van der Waals surface area contributed by atoms with Crippen LogP contribution in [0.25, 0.3) is 10.9 Å². The highest BCUT2D eigenvalue weighted by atomic mass is 19.4. The number of pyridine rings is 1. The molecule has 1 aromatic carbocycles. The Labute approximate surface area is 255 Å². The van der Waals surface area contributed by atoms with Gasteiger partial charge in [0.25, 0.3) is 0 Å². The first kappa shape index (κ1) is 33.1. The summed E-state index contributed by atoms with van der Waals surface area (Å²) in [6.45, 7) is 8.63. The molecule has 1 aromatic heterocycles. The summed E-state index contributed by atoms with van der Waals surface area (Å²) in [5.41, 5.74) is -2.67. The first-order chi connectivity index (χ1) is 20.7. The van der Waals surface area contributed by atoms with Gasteiger partial charge in [-0.05, 0) is 58.9 Å². The molecule has 3 unspecified atom stereocenters. The molecule has 0 aliphatic carbocycles. The zero-order valence-corrected chi connectivity index (χ0v) is 25.6. The maximum absolute atomic E-state index is 14.2. The summed E-state index contributed by atoms with van der Waals surface area (Å²) in [6.07, 6.45) is -0.0796. The molecule has 12 heteroatoms. The normalized spacial score (nSPS) is 20.5. The van der Waals surface area contributed by atoms with Gasteiger partial charge in [0.05, 0.1) is 19.2 Å². The molecule has 1 N–H and O–H groups in total. The lowest BCUT2D eigenvalue weighted by Gasteiger charge is -2.37. The van der Waals surface area contributed by atoms with Gasteiger partial charge < -0.3 is 24.4 Å². The molecule has 9 nitrogen and oxygen atoms in total. The summed E-state index contributed by atoms with van der Waals surface area (Å²) in [4.78, 5) is 44.9. The number of benzene rings is 1. The first-order valence-corrected chi connectivity index (χ1v) is 14.8. The number of hydrogen-bond donors (Lipinski definition) is 1. The van der Waals surface area contributed by atoms with E-state index >= 15 is 0 Å². The van der Waals surface area contributed by atoms with Crippen LogP contribution >= 0.6 is 0 Å². The zero-order valence-electron chi connectivity index (χ0n) is 25.6. The molecule has 2 aliphatic rings. The van der Waals surface area contributed by atoms with Crippen LogP contribution in [0.15, 0.2) is 36.9 Å². The Kier molecular flexibility index (Phi) is 9.80. The highest BCUT2D eigenvalue weighted by Gasteiger charge is 2.54. The molecule has 0 bridgehead atoms. The fraction of sp³-hybridized carbons (Fsp3) is 0.562. The van der Waals surface area contributed by atoms with Crippen LogP contribution in [0.5, 0.6) is 5.75 Å². The van der Waals surface area contributed by atoms with Gasteiger partial charge in [0.1, 0.15) is 23.3 Å². The molecule has 4 rings (SSSR count). The Morgan fingerprint density at radius 3 is 2.59 bits per heavy atom. The van der Waals surface area contributed by atoms with E-state index in [4.69, 9.17) is 14.2 Å². The summed E-state index contributed by atoms with van der Waals surface area (Å²) >= 11 is 0. The minimum Gasteiger partial charge on any atom is -0.483 e. The maximum atomic E-state index is 14.2. The Bertz CT molecular complexity index is 1410. The van der Waals surface area contributed by atoms with E-state index in [0.717, 1.165) is 19.3 Å². The fourth-order valence-corrected chi connectivity index (χ4v) is 5.94. The summed E-state index contributed by atoms with van der Waals surface area (Å²) in [5.74, 6) is -1.67. The number of alkyl halides is 3. The minimum atomic E-state index is -4.80. The van der Waals surface area contributed by atoms with Crippen LogP contribution in [0.3, 0.4) is 0 Å². The molecule has 1 spiro atoms. The summed E-state index contributed by atoms with van der Waals surface area (Å²) in [6, 6.07) is 4.40. The molecule has 44 heavy (non-hydrogen) atoms. The molecule has 3 atom stereocenters. The van der Waals surface area contributed by atoms with Crippen molar-refractivity contribution in [1.29, 1.82) is 0 Å². The minimum absolute atomic E-state index is 0.0759. The third kappa shape index (κ3) is 7.44. The molecule has 3 heterocycles. The van der Waals surface area contributed by atoms with Crippen LogP contribution in [-0.4, -0.2) is 64.8 Å². The van der Waals surface area contributed by atoms with Crippen molar-refractivity contribution in [2.75, 3.05) is 13.7 Å². The number of unbranched alkanes of at least 4 members (excludes halogenated alkanes) is 3. The number of carbonyl (C=O) groups is 3. The van der Waals surface area contributed by atoms with Crippen LogP contribution in [0.4, 0.5) is 18.0 Å². The predicted octanol–water partition coefficient (Wildman–Crippen LogP) is 6.12. The van der Waals surface area contributed by atoms with Gasteiger partial charge in [0.2, 0.25) is 5.91 Å². The monoisotopic (exact) mass is 619 g/mol. The van der Waals surface area contributed by atoms with E-state index in [-0.39, 0.29) is 43.5 Å². The van der Waals surface area contributed by atoms with Gasteiger partial charge in [-0.2, -0.15) is 13.2 Å². The van der Waals surface area contributed by atoms with E-state index in [1.807, 2.05) is 0 Å². The lowest BCUT2D eigenvalue weighted by molar-refractivity contribution is -0.151. The molecule has 240 valence electrons. The highest BCUT2D eigenvalue weighted by Crippen LogP contribution is 2.48. The molecule has 2 amide bonds. The molecule has 0 saturated carbocycles. The van der Waals surface area contributed by atoms with Crippen LogP contribution < -0.4 is 10.1 Å². The van der Waals surface area contributed by atoms with Crippen molar-refractivity contribution >= 4 is 28.9 Å². The van der Waals surface area contributed by atoms with Crippen molar-refractivity contribution in [2.45, 2.75) is 102 Å². The number of para-hydroxylation sites is 1. The van der Waals surface area contributed by atoms with Crippen molar-refractivity contribution in [2.24, 2.45) is 0 Å². The average molecular weight is 620 g/mol. The van der Waals surface area contributed by atoms with E-state index in [9.17, 15) is 27.6 Å². The molecule has 1 saturated heterocycles. The SMILES string of the molecule is C=CCCCCCC(NC(=O)OC(C)(C)C)C(=O)N1CC2(CCc3c(c(C(F)(F)F)nc4ccccc34)O2)CC1C(=O)OC. The standard InChI is InChI=1S/C32H40F3N3O6/c1-6-7-8-9-10-15-23(37-29(41)44-30(2,3)4)27(39)38-19-31(18-24(38)28(40)42-5)17-16-21-20-13-11-12-14-22(20)36-26(25(21)43-31)32(33,34)35/h6,11-14,23-24H,1,7-10,15-19H2,2-5H3,(H,37,41). The largest absolute Gasteiger partial charge is 0.483 e.